The number of anilines is 2. The molecule has 0 radical (unpaired) electrons. The van der Waals surface area contributed by atoms with E-state index in [9.17, 15) is 9.59 Å². The van der Waals surface area contributed by atoms with Crippen molar-refractivity contribution in [3.63, 3.8) is 0 Å². The number of nitrogens with zero attached hydrogens (tertiary/aromatic N) is 8. The van der Waals surface area contributed by atoms with Crippen molar-refractivity contribution in [3.05, 3.63) is 118 Å². The first-order valence-electron chi connectivity index (χ1n) is 19.4. The first kappa shape index (κ1) is 34.9. The summed E-state index contributed by atoms with van der Waals surface area (Å²) in [5.41, 5.74) is 10.1. The van der Waals surface area contributed by atoms with Gasteiger partial charge in [-0.3, -0.25) is 19.2 Å². The number of fused-ring (bicyclic) bond motifs is 1. The first-order chi connectivity index (χ1) is 26.9. The van der Waals surface area contributed by atoms with Crippen LogP contribution in [0, 0.1) is 5.92 Å². The van der Waals surface area contributed by atoms with Crippen LogP contribution in [0.3, 0.4) is 0 Å². The molecule has 1 atom stereocenters. The number of H-pyrrole nitrogens is 1. The molecule has 3 aliphatic heterocycles. The third kappa shape index (κ3) is 7.37. The minimum atomic E-state index is -0.428. The summed E-state index contributed by atoms with van der Waals surface area (Å²) in [6.07, 6.45) is 8.66. The van der Waals surface area contributed by atoms with E-state index in [0.717, 1.165) is 98.1 Å². The van der Waals surface area contributed by atoms with E-state index in [2.05, 4.69) is 46.5 Å². The van der Waals surface area contributed by atoms with E-state index in [4.69, 9.17) is 15.6 Å². The zero-order valence-corrected chi connectivity index (χ0v) is 30.8. The second-order valence-electron chi connectivity index (χ2n) is 15.1. The summed E-state index contributed by atoms with van der Waals surface area (Å²) in [5.74, 6) is 2.70. The predicted molar refractivity (Wildman–Crippen MR) is 214 cm³/mol. The molecule has 6 heterocycles. The topological polar surface area (TPSA) is 143 Å². The maximum absolute atomic E-state index is 12.2. The fraction of sp³-hybridized carbons (Fsp3) is 0.357. The molecule has 3 aromatic carbocycles. The number of nitrogen functional groups attached to an aromatic ring is 1. The van der Waals surface area contributed by atoms with Crippen molar-refractivity contribution >= 4 is 22.5 Å². The van der Waals surface area contributed by atoms with Gasteiger partial charge in [-0.2, -0.15) is 5.10 Å². The summed E-state index contributed by atoms with van der Waals surface area (Å²) in [7, 11) is 0. The van der Waals surface area contributed by atoms with Crippen LogP contribution in [0.4, 0.5) is 11.5 Å². The zero-order chi connectivity index (χ0) is 37.3. The second kappa shape index (κ2) is 15.2. The van der Waals surface area contributed by atoms with Gasteiger partial charge in [0.05, 0.1) is 17.1 Å². The number of rotatable bonds is 9. The van der Waals surface area contributed by atoms with Crippen LogP contribution in [0.5, 0.6) is 11.5 Å². The smallest absolute Gasteiger partial charge is 0.332 e. The van der Waals surface area contributed by atoms with Gasteiger partial charge in [0.25, 0.3) is 5.56 Å². The molecule has 55 heavy (non-hydrogen) atoms. The Labute approximate surface area is 319 Å². The van der Waals surface area contributed by atoms with E-state index in [-0.39, 0.29) is 6.04 Å². The maximum Gasteiger partial charge on any atom is 0.332 e. The van der Waals surface area contributed by atoms with Crippen LogP contribution >= 0.6 is 0 Å². The van der Waals surface area contributed by atoms with Crippen LogP contribution in [-0.2, 0) is 0 Å². The number of hydrogen-bond donors (Lipinski definition) is 2. The molecular weight excluding hydrogens is 693 g/mol. The van der Waals surface area contributed by atoms with Gasteiger partial charge in [-0.1, -0.05) is 18.2 Å². The van der Waals surface area contributed by atoms with Crippen LogP contribution < -0.4 is 26.6 Å². The number of likely N-dealkylation sites (tertiary alicyclic amines) is 2. The summed E-state index contributed by atoms with van der Waals surface area (Å²) in [5, 5.41) is 5.95. The van der Waals surface area contributed by atoms with Crippen LogP contribution in [0.2, 0.25) is 0 Å². The van der Waals surface area contributed by atoms with Crippen LogP contribution in [-0.4, -0.2) is 91.0 Å². The Morgan fingerprint density at radius 2 is 1.45 bits per heavy atom. The molecule has 13 nitrogen and oxygen atoms in total. The SMILES string of the molecule is Nc1ncnc2c1c(-c1ccc(Oc3ccccc3)cc1)nn2C1CCN(C2CCN(CC3CCN(c4ccc(-n5ccc(=O)[nH]c5=O)cc4)CC3)C2)CC1. The molecule has 0 saturated carbocycles. The lowest BCUT2D eigenvalue weighted by Crippen LogP contribution is -2.44. The number of aromatic nitrogens is 6. The molecule has 3 aromatic heterocycles. The molecule has 9 rings (SSSR count). The number of nitrogens with two attached hydrogens (primary N) is 1. The number of nitrogens with one attached hydrogen (secondary N) is 1. The van der Waals surface area contributed by atoms with Crippen molar-refractivity contribution in [2.24, 2.45) is 5.92 Å². The highest BCUT2D eigenvalue weighted by Gasteiger charge is 2.33. The van der Waals surface area contributed by atoms with Gasteiger partial charge >= 0.3 is 5.69 Å². The molecule has 0 amide bonds. The summed E-state index contributed by atoms with van der Waals surface area (Å²) in [4.78, 5) is 42.8. The van der Waals surface area contributed by atoms with Crippen molar-refractivity contribution < 1.29 is 4.74 Å². The maximum atomic E-state index is 12.2. The van der Waals surface area contributed by atoms with Gasteiger partial charge in [0.2, 0.25) is 0 Å². The molecule has 0 aliphatic carbocycles. The molecular formula is C42H46N10O3. The van der Waals surface area contributed by atoms with Crippen LogP contribution in [0.25, 0.3) is 28.0 Å². The Morgan fingerprint density at radius 1 is 0.745 bits per heavy atom. The van der Waals surface area contributed by atoms with E-state index < -0.39 is 11.2 Å². The van der Waals surface area contributed by atoms with Crippen molar-refractivity contribution in [3.8, 4) is 28.4 Å². The highest BCUT2D eigenvalue weighted by Crippen LogP contribution is 2.36. The molecule has 3 fully saturated rings. The summed E-state index contributed by atoms with van der Waals surface area (Å²) in [6, 6.07) is 28.0. The van der Waals surface area contributed by atoms with Gasteiger partial charge in [-0.25, -0.2) is 19.4 Å². The van der Waals surface area contributed by atoms with Crippen molar-refractivity contribution in [2.75, 3.05) is 56.4 Å². The van der Waals surface area contributed by atoms with Gasteiger partial charge in [0.15, 0.2) is 5.65 Å². The van der Waals surface area contributed by atoms with Crippen molar-refractivity contribution in [1.82, 2.24) is 39.1 Å². The predicted octanol–water partition coefficient (Wildman–Crippen LogP) is 5.33. The Hall–Kier alpha value is -5.79. The van der Waals surface area contributed by atoms with E-state index in [1.165, 1.54) is 41.8 Å². The average molecular weight is 739 g/mol. The van der Waals surface area contributed by atoms with Gasteiger partial charge in [0.1, 0.15) is 29.3 Å². The Morgan fingerprint density at radius 3 is 2.20 bits per heavy atom. The second-order valence-corrected chi connectivity index (χ2v) is 15.1. The first-order valence-corrected chi connectivity index (χ1v) is 19.4. The lowest BCUT2D eigenvalue weighted by Gasteiger charge is -2.37. The number of piperidine rings is 2. The fourth-order valence-corrected chi connectivity index (χ4v) is 8.71. The number of aromatic amines is 1. The van der Waals surface area contributed by atoms with E-state index in [1.807, 2.05) is 66.7 Å². The molecule has 6 aromatic rings. The third-order valence-corrected chi connectivity index (χ3v) is 11.7. The number of hydrogen-bond acceptors (Lipinski definition) is 10. The molecule has 3 saturated heterocycles. The van der Waals surface area contributed by atoms with Crippen molar-refractivity contribution in [2.45, 2.75) is 44.2 Å². The largest absolute Gasteiger partial charge is 0.457 e. The standard InChI is InChI=1S/C42H46N10O3/c43-40-38-39(30-6-12-36(13-7-30)55-35-4-2-1-3-5-35)47-52(41(38)45-28-44-40)33-17-23-50(24-18-33)34-16-20-48(27-34)26-29-14-21-49(22-15-29)31-8-10-32(11-9-31)51-25-19-37(53)46-42(51)54/h1-13,19,25,28-29,33-34H,14-18,20-24,26-27H2,(H2,43,44,45)(H,46,53,54). The summed E-state index contributed by atoms with van der Waals surface area (Å²) in [6.45, 7) is 7.61. The molecule has 0 spiro atoms. The average Bonchev–Trinajstić information content (AvgIpc) is 3.85. The quantitative estimate of drug-likeness (QED) is 0.200. The van der Waals surface area contributed by atoms with Crippen LogP contribution in [0.1, 0.15) is 38.1 Å². The van der Waals surface area contributed by atoms with E-state index >= 15 is 0 Å². The summed E-state index contributed by atoms with van der Waals surface area (Å²) >= 11 is 0. The normalized spacial score (nSPS) is 19.0. The van der Waals surface area contributed by atoms with Gasteiger partial charge in [-0.15, -0.1) is 0 Å². The highest BCUT2D eigenvalue weighted by molar-refractivity contribution is 5.98. The Kier molecular flexibility index (Phi) is 9.63. The molecule has 1 unspecified atom stereocenters. The van der Waals surface area contributed by atoms with Crippen LogP contribution in [0.15, 0.2) is 107 Å². The third-order valence-electron chi connectivity index (χ3n) is 11.7. The fourth-order valence-electron chi connectivity index (χ4n) is 8.71. The monoisotopic (exact) mass is 738 g/mol. The van der Waals surface area contributed by atoms with Gasteiger partial charge in [-0.05, 0) is 105 Å². The van der Waals surface area contributed by atoms with Gasteiger partial charge in [0, 0.05) is 68.8 Å². The Bertz CT molecular complexity index is 2360. The number of para-hydroxylation sites is 1. The van der Waals surface area contributed by atoms with E-state index in [1.54, 1.807) is 6.33 Å². The molecule has 0 bridgehead atoms. The Balaban J connectivity index is 0.778. The van der Waals surface area contributed by atoms with E-state index in [0.29, 0.717) is 17.8 Å². The lowest BCUT2D eigenvalue weighted by molar-refractivity contribution is 0.129. The number of benzene rings is 3. The summed E-state index contributed by atoms with van der Waals surface area (Å²) < 4.78 is 9.57. The molecule has 282 valence electrons. The van der Waals surface area contributed by atoms with Crippen molar-refractivity contribution in [1.29, 1.82) is 0 Å². The lowest BCUT2D eigenvalue weighted by atomic mass is 9.96. The minimum absolute atomic E-state index is 0.244. The van der Waals surface area contributed by atoms with Gasteiger partial charge < -0.3 is 20.3 Å². The minimum Gasteiger partial charge on any atom is -0.457 e. The number of ether oxygens (including phenoxy) is 1. The molecule has 3 N–H and O–H groups in total. The highest BCUT2D eigenvalue weighted by atomic mass is 16.5. The zero-order valence-electron chi connectivity index (χ0n) is 30.8. The molecule has 3 aliphatic rings. The molecule has 13 heteroatoms.